The summed E-state index contributed by atoms with van der Waals surface area (Å²) in [5, 5.41) is 3.16. The highest BCUT2D eigenvalue weighted by Gasteiger charge is 2.11. The van der Waals surface area contributed by atoms with Crippen molar-refractivity contribution in [2.75, 3.05) is 13.2 Å². The summed E-state index contributed by atoms with van der Waals surface area (Å²) in [6.07, 6.45) is 6.49. The molecule has 0 amide bonds. The molecule has 0 aliphatic rings. The molecule has 0 unspecified atom stereocenters. The van der Waals surface area contributed by atoms with E-state index in [1.54, 1.807) is 6.92 Å². The monoisotopic (exact) mass is 197 g/mol. The van der Waals surface area contributed by atoms with Crippen LogP contribution in [0.2, 0.25) is 0 Å². The minimum atomic E-state index is -0.297. The molecule has 0 aliphatic carbocycles. The van der Waals surface area contributed by atoms with Crippen LogP contribution in [0.3, 0.4) is 0 Å². The predicted octanol–water partition coefficient (Wildman–Crippen LogP) is 1.33. The molecule has 0 fully saturated rings. The Morgan fingerprint density at radius 2 is 2.21 bits per heavy atom. The van der Waals surface area contributed by atoms with Crippen LogP contribution in [-0.2, 0) is 9.53 Å². The maximum Gasteiger partial charge on any atom is 0.305 e. The first kappa shape index (κ1) is 13.0. The van der Waals surface area contributed by atoms with Gasteiger partial charge in [0.1, 0.15) is 0 Å². The number of nitrogens with one attached hydrogen (secondary N) is 1. The molecule has 0 bridgehead atoms. The molecule has 0 aliphatic heterocycles. The molecule has 0 aromatic rings. The Labute approximate surface area is 86.2 Å². The second kappa shape index (κ2) is 6.44. The number of carbonyl (C=O) groups is 1. The second-order valence-corrected chi connectivity index (χ2v) is 3.60. The Hall–Kier alpha value is -1.01. The van der Waals surface area contributed by atoms with E-state index in [0.29, 0.717) is 13.0 Å². The van der Waals surface area contributed by atoms with Crippen molar-refractivity contribution in [1.82, 2.24) is 5.32 Å². The fraction of sp³-hybridized carbons (Fsp3) is 0.727. The zero-order valence-electron chi connectivity index (χ0n) is 9.22. The van der Waals surface area contributed by atoms with Gasteiger partial charge in [-0.1, -0.05) is 5.92 Å². The lowest BCUT2D eigenvalue weighted by atomic mass is 10.1. The maximum atomic E-state index is 10.9. The maximum absolute atomic E-state index is 10.9. The number of esters is 1. The summed E-state index contributed by atoms with van der Waals surface area (Å²) < 4.78 is 4.79. The van der Waals surface area contributed by atoms with Gasteiger partial charge in [-0.05, 0) is 33.7 Å². The number of hydrogen-bond donors (Lipinski definition) is 1. The summed E-state index contributed by atoms with van der Waals surface area (Å²) in [6, 6.07) is 0. The number of rotatable bonds is 6. The quantitative estimate of drug-likeness (QED) is 0.396. The topological polar surface area (TPSA) is 38.3 Å². The van der Waals surface area contributed by atoms with Crippen LogP contribution in [0.1, 0.15) is 33.6 Å². The minimum absolute atomic E-state index is 0.146. The third kappa shape index (κ3) is 6.50. The summed E-state index contributed by atoms with van der Waals surface area (Å²) in [6.45, 7) is 6.84. The molecule has 0 saturated carbocycles. The molecule has 80 valence electrons. The number of terminal acetylenes is 1. The molecule has 0 aromatic carbocycles. The first-order chi connectivity index (χ1) is 6.52. The molecule has 0 radical (unpaired) electrons. The van der Waals surface area contributed by atoms with Crippen LogP contribution in [-0.4, -0.2) is 24.7 Å². The van der Waals surface area contributed by atoms with E-state index >= 15 is 0 Å². The minimum Gasteiger partial charge on any atom is -0.466 e. The highest BCUT2D eigenvalue weighted by molar-refractivity contribution is 5.69. The Kier molecular flexibility index (Phi) is 5.98. The van der Waals surface area contributed by atoms with Crippen LogP contribution in [0.4, 0.5) is 0 Å². The van der Waals surface area contributed by atoms with Gasteiger partial charge in [0.15, 0.2) is 0 Å². The van der Waals surface area contributed by atoms with Gasteiger partial charge in [0, 0.05) is 6.42 Å². The van der Waals surface area contributed by atoms with Crippen LogP contribution < -0.4 is 5.32 Å². The van der Waals surface area contributed by atoms with E-state index in [4.69, 9.17) is 11.2 Å². The average Bonchev–Trinajstić information content (AvgIpc) is 2.13. The van der Waals surface area contributed by atoms with E-state index in [9.17, 15) is 4.79 Å². The largest absolute Gasteiger partial charge is 0.466 e. The van der Waals surface area contributed by atoms with E-state index in [-0.39, 0.29) is 11.5 Å². The predicted molar refractivity (Wildman–Crippen MR) is 56.8 cm³/mol. The number of ether oxygens (including phenoxy) is 1. The average molecular weight is 197 g/mol. The van der Waals surface area contributed by atoms with E-state index in [0.717, 1.165) is 13.0 Å². The molecule has 14 heavy (non-hydrogen) atoms. The summed E-state index contributed by atoms with van der Waals surface area (Å²) in [5.41, 5.74) is -0.297. The fourth-order valence-corrected chi connectivity index (χ4v) is 0.918. The fourth-order valence-electron chi connectivity index (χ4n) is 0.918. The Morgan fingerprint density at radius 3 is 2.71 bits per heavy atom. The van der Waals surface area contributed by atoms with Crippen molar-refractivity contribution in [2.24, 2.45) is 0 Å². The molecule has 3 heteroatoms. The van der Waals surface area contributed by atoms with E-state index in [1.807, 2.05) is 13.8 Å². The molecule has 0 spiro atoms. The van der Waals surface area contributed by atoms with Crippen molar-refractivity contribution in [3.05, 3.63) is 0 Å². The van der Waals surface area contributed by atoms with Crippen molar-refractivity contribution in [1.29, 1.82) is 0 Å². The normalized spacial score (nSPS) is 10.7. The van der Waals surface area contributed by atoms with E-state index in [1.165, 1.54) is 0 Å². The van der Waals surface area contributed by atoms with Gasteiger partial charge in [0.05, 0.1) is 12.1 Å². The second-order valence-electron chi connectivity index (χ2n) is 3.60. The Bertz CT molecular complexity index is 216. The van der Waals surface area contributed by atoms with E-state index in [2.05, 4.69) is 11.2 Å². The zero-order valence-corrected chi connectivity index (χ0v) is 9.22. The Balaban J connectivity index is 3.48. The molecule has 3 nitrogen and oxygen atoms in total. The summed E-state index contributed by atoms with van der Waals surface area (Å²) in [5.74, 6) is 2.48. The summed E-state index contributed by atoms with van der Waals surface area (Å²) in [4.78, 5) is 10.9. The van der Waals surface area contributed by atoms with Crippen LogP contribution in [0.5, 0.6) is 0 Å². The first-order valence-corrected chi connectivity index (χ1v) is 4.90. The van der Waals surface area contributed by atoms with Crippen molar-refractivity contribution >= 4 is 5.97 Å². The lowest BCUT2D eigenvalue weighted by Gasteiger charge is -2.19. The first-order valence-electron chi connectivity index (χ1n) is 4.90. The summed E-state index contributed by atoms with van der Waals surface area (Å²) >= 11 is 0. The molecule has 0 heterocycles. The molecule has 1 N–H and O–H groups in total. The molecular weight excluding hydrogens is 178 g/mol. The highest BCUT2D eigenvalue weighted by atomic mass is 16.5. The molecular formula is C11H19NO2. The third-order valence-corrected chi connectivity index (χ3v) is 1.79. The van der Waals surface area contributed by atoms with Gasteiger partial charge >= 0.3 is 5.97 Å². The molecule has 0 rings (SSSR count). The van der Waals surface area contributed by atoms with Crippen molar-refractivity contribution in [3.63, 3.8) is 0 Å². The Morgan fingerprint density at radius 1 is 1.57 bits per heavy atom. The van der Waals surface area contributed by atoms with Crippen molar-refractivity contribution in [2.45, 2.75) is 39.2 Å². The van der Waals surface area contributed by atoms with Gasteiger partial charge in [-0.2, -0.15) is 0 Å². The van der Waals surface area contributed by atoms with Crippen LogP contribution in [0.15, 0.2) is 0 Å². The lowest BCUT2D eigenvalue weighted by molar-refractivity contribution is -0.143. The lowest BCUT2D eigenvalue weighted by Crippen LogP contribution is -2.38. The van der Waals surface area contributed by atoms with Gasteiger partial charge in [0.2, 0.25) is 0 Å². The molecule has 0 aromatic heterocycles. The molecule has 0 atom stereocenters. The standard InChI is InChI=1S/C11H19NO2/c1-5-11(3,4)12-9-7-8-10(13)14-6-2/h1,12H,6-9H2,2-4H3. The van der Waals surface area contributed by atoms with Gasteiger partial charge in [-0.15, -0.1) is 6.42 Å². The van der Waals surface area contributed by atoms with Crippen LogP contribution in [0, 0.1) is 12.3 Å². The van der Waals surface area contributed by atoms with Crippen LogP contribution in [0.25, 0.3) is 0 Å². The van der Waals surface area contributed by atoms with Gasteiger partial charge in [-0.25, -0.2) is 0 Å². The SMILES string of the molecule is C#CC(C)(C)NCCCC(=O)OCC. The van der Waals surface area contributed by atoms with Gasteiger partial charge in [-0.3, -0.25) is 4.79 Å². The highest BCUT2D eigenvalue weighted by Crippen LogP contribution is 1.99. The van der Waals surface area contributed by atoms with Crippen LogP contribution >= 0.6 is 0 Å². The number of hydrogen-bond acceptors (Lipinski definition) is 3. The van der Waals surface area contributed by atoms with Crippen molar-refractivity contribution in [3.8, 4) is 12.3 Å². The third-order valence-electron chi connectivity index (χ3n) is 1.79. The zero-order chi connectivity index (χ0) is 11.0. The number of carbonyl (C=O) groups excluding carboxylic acids is 1. The van der Waals surface area contributed by atoms with Crippen molar-refractivity contribution < 1.29 is 9.53 Å². The summed E-state index contributed by atoms with van der Waals surface area (Å²) in [7, 11) is 0. The van der Waals surface area contributed by atoms with Gasteiger partial charge in [0.25, 0.3) is 0 Å². The van der Waals surface area contributed by atoms with E-state index < -0.39 is 0 Å². The smallest absolute Gasteiger partial charge is 0.305 e. The molecule has 0 saturated heterocycles. The van der Waals surface area contributed by atoms with Gasteiger partial charge < -0.3 is 10.1 Å².